The molecular formula is C13H17ClN2O2. The number of carbonyl (C=O) groups is 1. The van der Waals surface area contributed by atoms with Gasteiger partial charge in [-0.2, -0.15) is 0 Å². The fourth-order valence-corrected chi connectivity index (χ4v) is 2.02. The Bertz CT molecular complexity index is 551. The van der Waals surface area contributed by atoms with Crippen molar-refractivity contribution in [1.29, 1.82) is 0 Å². The van der Waals surface area contributed by atoms with Crippen molar-refractivity contribution >= 4 is 29.2 Å². The summed E-state index contributed by atoms with van der Waals surface area (Å²) in [7, 11) is 0. The molecule has 0 spiro atoms. The Labute approximate surface area is 112 Å². The molecule has 4 nitrogen and oxygen atoms in total. The fourth-order valence-electron chi connectivity index (χ4n) is 2.02. The smallest absolute Gasteiger partial charge is 0.227 e. The third kappa shape index (κ3) is 2.72. The number of benzene rings is 1. The number of para-hydroxylation sites is 1. The molecule has 2 aromatic rings. The molecule has 1 heterocycles. The predicted octanol–water partition coefficient (Wildman–Crippen LogP) is 1.59. The molecule has 3 N–H and O–H groups in total. The lowest BCUT2D eigenvalue weighted by atomic mass is 10.1. The van der Waals surface area contributed by atoms with Crippen molar-refractivity contribution in [3.8, 4) is 0 Å². The molecule has 18 heavy (non-hydrogen) atoms. The number of carbonyl (C=O) groups excluding carboxylic acids is 1. The lowest BCUT2D eigenvalue weighted by Gasteiger charge is -2.05. The first-order valence-electron chi connectivity index (χ1n) is 5.60. The number of hydrogen-bond acceptors (Lipinski definition) is 3. The summed E-state index contributed by atoms with van der Waals surface area (Å²) in [6, 6.07) is 7.42. The summed E-state index contributed by atoms with van der Waals surface area (Å²) >= 11 is 0. The quantitative estimate of drug-likeness (QED) is 0.888. The topological polar surface area (TPSA) is 68.2 Å². The molecule has 0 saturated heterocycles. The van der Waals surface area contributed by atoms with Crippen molar-refractivity contribution in [2.24, 2.45) is 5.73 Å². The highest BCUT2D eigenvalue weighted by Gasteiger charge is 2.12. The van der Waals surface area contributed by atoms with Crippen molar-refractivity contribution in [3.63, 3.8) is 0 Å². The highest BCUT2D eigenvalue weighted by Crippen LogP contribution is 2.22. The monoisotopic (exact) mass is 268 g/mol. The summed E-state index contributed by atoms with van der Waals surface area (Å²) in [5, 5.41) is 10.0. The van der Waals surface area contributed by atoms with E-state index in [1.54, 1.807) is 4.57 Å². The van der Waals surface area contributed by atoms with Gasteiger partial charge in [-0.15, -0.1) is 12.4 Å². The van der Waals surface area contributed by atoms with Crippen LogP contribution in [0.5, 0.6) is 0 Å². The third-order valence-electron chi connectivity index (χ3n) is 2.85. The first-order valence-corrected chi connectivity index (χ1v) is 5.60. The first-order chi connectivity index (χ1) is 8.13. The molecule has 1 aromatic carbocycles. The van der Waals surface area contributed by atoms with Crippen molar-refractivity contribution in [2.45, 2.75) is 19.4 Å². The second-order valence-electron chi connectivity index (χ2n) is 4.21. The van der Waals surface area contributed by atoms with Crippen LogP contribution in [0.1, 0.15) is 17.3 Å². The Morgan fingerprint density at radius 1 is 1.44 bits per heavy atom. The third-order valence-corrected chi connectivity index (χ3v) is 2.85. The molecule has 0 saturated carbocycles. The molecule has 98 valence electrons. The van der Waals surface area contributed by atoms with E-state index in [0.717, 1.165) is 16.5 Å². The SMILES string of the molecule is CC(=O)n1cc(CC(N)CO)c2ccccc21.Cl. The standard InChI is InChI=1S/C13H16N2O2.ClH/c1-9(17)15-7-10(6-11(14)8-16)12-4-2-3-5-13(12)15;/h2-5,7,11,16H,6,8,14H2,1H3;1H. The van der Waals surface area contributed by atoms with Gasteiger partial charge in [0.25, 0.3) is 0 Å². The zero-order valence-electron chi connectivity index (χ0n) is 10.2. The molecule has 2 rings (SSSR count). The molecule has 1 atom stereocenters. The van der Waals surface area contributed by atoms with Gasteiger partial charge in [0.1, 0.15) is 0 Å². The zero-order valence-corrected chi connectivity index (χ0v) is 11.0. The van der Waals surface area contributed by atoms with Crippen LogP contribution in [0.15, 0.2) is 30.5 Å². The largest absolute Gasteiger partial charge is 0.395 e. The van der Waals surface area contributed by atoms with Crippen LogP contribution in [0, 0.1) is 0 Å². The number of hydrogen-bond donors (Lipinski definition) is 2. The van der Waals surface area contributed by atoms with Crippen LogP contribution in [0.2, 0.25) is 0 Å². The number of halogens is 1. The number of aliphatic hydroxyl groups is 1. The summed E-state index contributed by atoms with van der Waals surface area (Å²) < 4.78 is 1.62. The highest BCUT2D eigenvalue weighted by atomic mass is 35.5. The Hall–Kier alpha value is -1.36. The average molecular weight is 269 g/mol. The van der Waals surface area contributed by atoms with E-state index >= 15 is 0 Å². The minimum absolute atomic E-state index is 0. The predicted molar refractivity (Wildman–Crippen MR) is 74.3 cm³/mol. The van der Waals surface area contributed by atoms with Crippen LogP contribution in [0.25, 0.3) is 10.9 Å². The molecule has 0 aliphatic carbocycles. The Morgan fingerprint density at radius 3 is 2.72 bits per heavy atom. The molecule has 0 bridgehead atoms. The first kappa shape index (κ1) is 14.7. The van der Waals surface area contributed by atoms with Gasteiger partial charge in [0, 0.05) is 24.5 Å². The van der Waals surface area contributed by atoms with Crippen LogP contribution in [-0.4, -0.2) is 28.2 Å². The van der Waals surface area contributed by atoms with Crippen molar-refractivity contribution in [2.75, 3.05) is 6.61 Å². The van der Waals surface area contributed by atoms with E-state index in [4.69, 9.17) is 10.8 Å². The van der Waals surface area contributed by atoms with Gasteiger partial charge in [0.2, 0.25) is 5.91 Å². The molecule has 1 unspecified atom stereocenters. The minimum atomic E-state index is -0.291. The van der Waals surface area contributed by atoms with Gasteiger partial charge < -0.3 is 10.8 Å². The fraction of sp³-hybridized carbons (Fsp3) is 0.308. The Kier molecular flexibility index (Phi) is 4.90. The number of fused-ring (bicyclic) bond motifs is 1. The molecule has 0 amide bonds. The normalized spacial score (nSPS) is 12.2. The number of aromatic nitrogens is 1. The number of nitrogens with two attached hydrogens (primary N) is 1. The number of rotatable bonds is 3. The maximum Gasteiger partial charge on any atom is 0.227 e. The van der Waals surface area contributed by atoms with E-state index in [2.05, 4.69) is 0 Å². The van der Waals surface area contributed by atoms with E-state index < -0.39 is 0 Å². The Balaban J connectivity index is 0.00000162. The van der Waals surface area contributed by atoms with Gasteiger partial charge in [-0.05, 0) is 18.1 Å². The maximum absolute atomic E-state index is 11.5. The van der Waals surface area contributed by atoms with Crippen LogP contribution in [0.4, 0.5) is 0 Å². The van der Waals surface area contributed by atoms with Crippen LogP contribution in [-0.2, 0) is 6.42 Å². The van der Waals surface area contributed by atoms with Gasteiger partial charge in [-0.3, -0.25) is 9.36 Å². The maximum atomic E-state index is 11.5. The van der Waals surface area contributed by atoms with Gasteiger partial charge >= 0.3 is 0 Å². The lowest BCUT2D eigenvalue weighted by Crippen LogP contribution is -2.26. The summed E-state index contributed by atoms with van der Waals surface area (Å²) in [4.78, 5) is 11.5. The zero-order chi connectivity index (χ0) is 12.4. The van der Waals surface area contributed by atoms with E-state index in [-0.39, 0.29) is 31.0 Å². The lowest BCUT2D eigenvalue weighted by molar-refractivity contribution is 0.0941. The van der Waals surface area contributed by atoms with E-state index in [1.165, 1.54) is 6.92 Å². The summed E-state index contributed by atoms with van der Waals surface area (Å²) in [5.41, 5.74) is 7.62. The van der Waals surface area contributed by atoms with Crippen LogP contribution >= 0.6 is 12.4 Å². The molecule has 5 heteroatoms. The minimum Gasteiger partial charge on any atom is -0.395 e. The van der Waals surface area contributed by atoms with Crippen molar-refractivity contribution in [1.82, 2.24) is 4.57 Å². The molecule has 0 aliphatic rings. The molecule has 0 aliphatic heterocycles. The molecular weight excluding hydrogens is 252 g/mol. The molecule has 1 aromatic heterocycles. The highest BCUT2D eigenvalue weighted by molar-refractivity contribution is 5.93. The Morgan fingerprint density at radius 2 is 2.11 bits per heavy atom. The second kappa shape index (κ2) is 6.00. The van der Waals surface area contributed by atoms with Gasteiger partial charge in [0.05, 0.1) is 12.1 Å². The van der Waals surface area contributed by atoms with Gasteiger partial charge in [0.15, 0.2) is 0 Å². The molecule has 0 radical (unpaired) electrons. The van der Waals surface area contributed by atoms with Crippen molar-refractivity contribution in [3.05, 3.63) is 36.0 Å². The van der Waals surface area contributed by atoms with E-state index in [0.29, 0.717) is 6.42 Å². The van der Waals surface area contributed by atoms with Gasteiger partial charge in [-0.1, -0.05) is 18.2 Å². The van der Waals surface area contributed by atoms with Crippen LogP contribution < -0.4 is 5.73 Å². The molecule has 0 fully saturated rings. The number of nitrogens with zero attached hydrogens (tertiary/aromatic N) is 1. The van der Waals surface area contributed by atoms with Crippen molar-refractivity contribution < 1.29 is 9.90 Å². The number of aliphatic hydroxyl groups excluding tert-OH is 1. The summed E-state index contributed by atoms with van der Waals surface area (Å²) in [6.07, 6.45) is 2.37. The summed E-state index contributed by atoms with van der Waals surface area (Å²) in [5.74, 6) is -0.0231. The average Bonchev–Trinajstić information content (AvgIpc) is 2.68. The second-order valence-corrected chi connectivity index (χ2v) is 4.21. The van der Waals surface area contributed by atoms with E-state index in [9.17, 15) is 4.79 Å². The van der Waals surface area contributed by atoms with Crippen LogP contribution in [0.3, 0.4) is 0 Å². The van der Waals surface area contributed by atoms with Gasteiger partial charge in [-0.25, -0.2) is 0 Å². The summed E-state index contributed by atoms with van der Waals surface area (Å²) in [6.45, 7) is 1.47. The van der Waals surface area contributed by atoms with E-state index in [1.807, 2.05) is 30.5 Å².